The second-order valence-electron chi connectivity index (χ2n) is 4.09. The Morgan fingerprint density at radius 2 is 2.00 bits per heavy atom. The Morgan fingerprint density at radius 3 is 2.53 bits per heavy atom. The van der Waals surface area contributed by atoms with Gasteiger partial charge in [0, 0.05) is 24.7 Å². The standard InChI is InChI=1S/C12H20N2O4S/c1-9(7-13)19(15,16)14-8-10-4-5-11(17-2)6-12(10)18-3/h4-6,9,14H,7-8,13H2,1-3H3. The van der Waals surface area contributed by atoms with Gasteiger partial charge in [-0.15, -0.1) is 0 Å². The number of rotatable bonds is 7. The third-order valence-electron chi connectivity index (χ3n) is 2.82. The number of sulfonamides is 1. The molecule has 7 heteroatoms. The predicted molar refractivity (Wildman–Crippen MR) is 73.8 cm³/mol. The number of benzene rings is 1. The van der Waals surface area contributed by atoms with Crippen molar-refractivity contribution in [1.29, 1.82) is 0 Å². The molecule has 0 heterocycles. The van der Waals surface area contributed by atoms with E-state index in [0.29, 0.717) is 11.5 Å². The van der Waals surface area contributed by atoms with E-state index in [9.17, 15) is 8.42 Å². The first-order chi connectivity index (χ1) is 8.94. The van der Waals surface area contributed by atoms with Gasteiger partial charge in [-0.25, -0.2) is 13.1 Å². The largest absolute Gasteiger partial charge is 0.497 e. The van der Waals surface area contributed by atoms with Crippen molar-refractivity contribution in [2.45, 2.75) is 18.7 Å². The summed E-state index contributed by atoms with van der Waals surface area (Å²) in [6, 6.07) is 5.21. The minimum absolute atomic E-state index is 0.0785. The van der Waals surface area contributed by atoms with Crippen molar-refractivity contribution in [3.05, 3.63) is 23.8 Å². The van der Waals surface area contributed by atoms with Crippen LogP contribution in [0.15, 0.2) is 18.2 Å². The second kappa shape index (κ2) is 6.74. The van der Waals surface area contributed by atoms with Crippen molar-refractivity contribution in [3.8, 4) is 11.5 Å². The molecule has 0 aliphatic rings. The van der Waals surface area contributed by atoms with Gasteiger partial charge in [0.1, 0.15) is 11.5 Å². The van der Waals surface area contributed by atoms with Gasteiger partial charge in [0.15, 0.2) is 0 Å². The lowest BCUT2D eigenvalue weighted by Gasteiger charge is -2.14. The summed E-state index contributed by atoms with van der Waals surface area (Å²) >= 11 is 0. The molecule has 0 bridgehead atoms. The Balaban J connectivity index is 2.83. The van der Waals surface area contributed by atoms with Gasteiger partial charge in [0.05, 0.1) is 19.5 Å². The van der Waals surface area contributed by atoms with E-state index in [0.717, 1.165) is 5.56 Å². The van der Waals surface area contributed by atoms with Crippen molar-refractivity contribution in [2.24, 2.45) is 5.73 Å². The number of hydrogen-bond donors (Lipinski definition) is 2. The molecule has 1 aromatic rings. The highest BCUT2D eigenvalue weighted by molar-refractivity contribution is 7.90. The average Bonchev–Trinajstić information content (AvgIpc) is 2.43. The highest BCUT2D eigenvalue weighted by Gasteiger charge is 2.19. The first-order valence-electron chi connectivity index (χ1n) is 5.84. The fraction of sp³-hybridized carbons (Fsp3) is 0.500. The Kier molecular flexibility index (Phi) is 5.59. The molecule has 0 spiro atoms. The van der Waals surface area contributed by atoms with Gasteiger partial charge in [-0.2, -0.15) is 0 Å². The lowest BCUT2D eigenvalue weighted by molar-refractivity contribution is 0.390. The zero-order valence-electron chi connectivity index (χ0n) is 11.3. The van der Waals surface area contributed by atoms with E-state index in [1.54, 1.807) is 32.2 Å². The van der Waals surface area contributed by atoms with Crippen LogP contribution in [0.25, 0.3) is 0 Å². The van der Waals surface area contributed by atoms with Gasteiger partial charge in [-0.3, -0.25) is 0 Å². The summed E-state index contributed by atoms with van der Waals surface area (Å²) in [5.41, 5.74) is 6.09. The first kappa shape index (κ1) is 15.7. The fourth-order valence-corrected chi connectivity index (χ4v) is 2.34. The van der Waals surface area contributed by atoms with E-state index >= 15 is 0 Å². The number of methoxy groups -OCH3 is 2. The summed E-state index contributed by atoms with van der Waals surface area (Å²) in [6.45, 7) is 1.79. The quantitative estimate of drug-likeness (QED) is 0.761. The van der Waals surface area contributed by atoms with E-state index in [-0.39, 0.29) is 13.1 Å². The summed E-state index contributed by atoms with van der Waals surface area (Å²) in [5.74, 6) is 1.22. The van der Waals surface area contributed by atoms with Crippen LogP contribution in [-0.2, 0) is 16.6 Å². The highest BCUT2D eigenvalue weighted by atomic mass is 32.2. The number of nitrogens with two attached hydrogens (primary N) is 1. The lowest BCUT2D eigenvalue weighted by Crippen LogP contribution is -2.36. The predicted octanol–water partition coefficient (Wildman–Crippen LogP) is 0.470. The molecule has 6 nitrogen and oxygen atoms in total. The Labute approximate surface area is 113 Å². The summed E-state index contributed by atoms with van der Waals surface area (Å²) in [4.78, 5) is 0. The number of hydrogen-bond acceptors (Lipinski definition) is 5. The minimum atomic E-state index is -3.41. The molecule has 0 radical (unpaired) electrons. The zero-order valence-corrected chi connectivity index (χ0v) is 12.2. The fourth-order valence-electron chi connectivity index (χ4n) is 1.45. The van der Waals surface area contributed by atoms with Crippen molar-refractivity contribution in [1.82, 2.24) is 4.72 Å². The topological polar surface area (TPSA) is 90.7 Å². The third-order valence-corrected chi connectivity index (χ3v) is 4.62. The van der Waals surface area contributed by atoms with Crippen LogP contribution < -0.4 is 19.9 Å². The molecule has 0 aromatic heterocycles. The summed E-state index contributed by atoms with van der Waals surface area (Å²) in [6.07, 6.45) is 0. The molecule has 0 aliphatic carbocycles. The lowest BCUT2D eigenvalue weighted by atomic mass is 10.2. The Morgan fingerprint density at radius 1 is 1.32 bits per heavy atom. The molecule has 19 heavy (non-hydrogen) atoms. The smallest absolute Gasteiger partial charge is 0.215 e. The van der Waals surface area contributed by atoms with Crippen molar-refractivity contribution < 1.29 is 17.9 Å². The van der Waals surface area contributed by atoms with E-state index in [4.69, 9.17) is 15.2 Å². The van der Waals surface area contributed by atoms with Crippen LogP contribution in [0.4, 0.5) is 0 Å². The van der Waals surface area contributed by atoms with E-state index < -0.39 is 15.3 Å². The van der Waals surface area contributed by atoms with E-state index in [2.05, 4.69) is 4.72 Å². The maximum absolute atomic E-state index is 11.8. The normalized spacial score (nSPS) is 13.1. The molecule has 1 atom stereocenters. The maximum Gasteiger partial charge on any atom is 0.215 e. The Hall–Kier alpha value is -1.31. The van der Waals surface area contributed by atoms with Crippen LogP contribution in [0.1, 0.15) is 12.5 Å². The molecule has 1 rings (SSSR count). The van der Waals surface area contributed by atoms with Gasteiger partial charge in [0.25, 0.3) is 0 Å². The molecule has 1 aromatic carbocycles. The molecule has 0 saturated carbocycles. The molecule has 1 unspecified atom stereocenters. The number of ether oxygens (including phenoxy) is 2. The third kappa shape index (κ3) is 4.09. The highest BCUT2D eigenvalue weighted by Crippen LogP contribution is 2.24. The van der Waals surface area contributed by atoms with E-state index in [1.807, 2.05) is 0 Å². The monoisotopic (exact) mass is 288 g/mol. The van der Waals surface area contributed by atoms with Crippen LogP contribution in [0.3, 0.4) is 0 Å². The first-order valence-corrected chi connectivity index (χ1v) is 7.38. The second-order valence-corrected chi connectivity index (χ2v) is 6.27. The molecule has 0 fully saturated rings. The van der Waals surface area contributed by atoms with Gasteiger partial charge in [0.2, 0.25) is 10.0 Å². The van der Waals surface area contributed by atoms with Gasteiger partial charge < -0.3 is 15.2 Å². The van der Waals surface area contributed by atoms with Gasteiger partial charge in [-0.1, -0.05) is 6.07 Å². The molecular formula is C12H20N2O4S. The summed E-state index contributed by atoms with van der Waals surface area (Å²) in [7, 11) is -0.332. The SMILES string of the molecule is COc1ccc(CNS(=O)(=O)C(C)CN)c(OC)c1. The molecule has 0 amide bonds. The molecule has 3 N–H and O–H groups in total. The Bertz CT molecular complexity index is 516. The van der Waals surface area contributed by atoms with E-state index in [1.165, 1.54) is 7.11 Å². The van der Waals surface area contributed by atoms with Crippen LogP contribution in [-0.4, -0.2) is 34.4 Å². The van der Waals surface area contributed by atoms with Gasteiger partial charge >= 0.3 is 0 Å². The zero-order chi connectivity index (χ0) is 14.5. The molecular weight excluding hydrogens is 268 g/mol. The molecule has 0 aliphatic heterocycles. The summed E-state index contributed by atoms with van der Waals surface area (Å²) < 4.78 is 36.4. The molecule has 108 valence electrons. The van der Waals surface area contributed by atoms with Crippen molar-refractivity contribution in [2.75, 3.05) is 20.8 Å². The number of nitrogens with one attached hydrogen (secondary N) is 1. The van der Waals surface area contributed by atoms with Crippen molar-refractivity contribution >= 4 is 10.0 Å². The maximum atomic E-state index is 11.8. The van der Waals surface area contributed by atoms with Gasteiger partial charge in [-0.05, 0) is 13.0 Å². The van der Waals surface area contributed by atoms with Crippen LogP contribution in [0.2, 0.25) is 0 Å². The summed E-state index contributed by atoms with van der Waals surface area (Å²) in [5, 5.41) is -0.628. The van der Waals surface area contributed by atoms with Crippen LogP contribution >= 0.6 is 0 Å². The van der Waals surface area contributed by atoms with Crippen LogP contribution in [0.5, 0.6) is 11.5 Å². The minimum Gasteiger partial charge on any atom is -0.497 e. The van der Waals surface area contributed by atoms with Crippen molar-refractivity contribution in [3.63, 3.8) is 0 Å². The van der Waals surface area contributed by atoms with Crippen LogP contribution in [0, 0.1) is 0 Å². The molecule has 0 saturated heterocycles. The average molecular weight is 288 g/mol.